The molecule has 0 saturated carbocycles. The van der Waals surface area contributed by atoms with Crippen molar-refractivity contribution >= 4 is 0 Å². The van der Waals surface area contributed by atoms with Gasteiger partial charge in [-0.25, -0.2) is 0 Å². The van der Waals surface area contributed by atoms with Crippen LogP contribution in [0.25, 0.3) is 0 Å². The normalized spacial score (nSPS) is 13.2. The minimum atomic E-state index is 0.559. The molecule has 0 bridgehead atoms. The molecule has 0 fully saturated rings. The number of nitrogens with zero attached hydrogens (tertiary/aromatic N) is 2. The van der Waals surface area contributed by atoms with Gasteiger partial charge in [0.25, 0.3) is 0 Å². The summed E-state index contributed by atoms with van der Waals surface area (Å²) in [4.78, 5) is 6.89. The first-order valence-corrected chi connectivity index (χ1v) is 7.53. The van der Waals surface area contributed by atoms with Gasteiger partial charge in [0, 0.05) is 25.3 Å². The first kappa shape index (κ1) is 16.1. The van der Waals surface area contributed by atoms with Gasteiger partial charge in [0.05, 0.1) is 5.69 Å². The second-order valence-electron chi connectivity index (χ2n) is 5.45. The van der Waals surface area contributed by atoms with Crippen molar-refractivity contribution < 1.29 is 0 Å². The summed E-state index contributed by atoms with van der Waals surface area (Å²) in [5.74, 6) is 0.657. The molecule has 1 N–H and O–H groups in total. The summed E-state index contributed by atoms with van der Waals surface area (Å²) < 4.78 is 0. The standard InChI is InChI=1S/C16H29N3/c1-5-10-18-16(14(3)4)13-19(6-2)12-15-9-7-8-11-17-15/h7-9,11,14,16,18H,5-6,10,12-13H2,1-4H3. The van der Waals surface area contributed by atoms with Crippen molar-refractivity contribution in [3.8, 4) is 0 Å². The van der Waals surface area contributed by atoms with E-state index in [0.717, 1.165) is 31.9 Å². The summed E-state index contributed by atoms with van der Waals surface area (Å²) in [5, 5.41) is 3.66. The lowest BCUT2D eigenvalue weighted by atomic mass is 10.0. The Morgan fingerprint density at radius 2 is 2.05 bits per heavy atom. The van der Waals surface area contributed by atoms with E-state index in [1.807, 2.05) is 12.3 Å². The maximum atomic E-state index is 4.42. The van der Waals surface area contributed by atoms with Gasteiger partial charge in [-0.05, 0) is 37.6 Å². The Bertz CT molecular complexity index is 324. The molecule has 0 radical (unpaired) electrons. The van der Waals surface area contributed by atoms with Gasteiger partial charge in [-0.2, -0.15) is 0 Å². The maximum Gasteiger partial charge on any atom is 0.0543 e. The molecule has 0 aliphatic heterocycles. The average Bonchev–Trinajstić information content (AvgIpc) is 2.42. The van der Waals surface area contributed by atoms with E-state index in [1.54, 1.807) is 0 Å². The summed E-state index contributed by atoms with van der Waals surface area (Å²) in [6, 6.07) is 6.70. The first-order valence-electron chi connectivity index (χ1n) is 7.53. The molecular formula is C16H29N3. The average molecular weight is 263 g/mol. The number of rotatable bonds is 9. The highest BCUT2D eigenvalue weighted by Gasteiger charge is 2.16. The lowest BCUT2D eigenvalue weighted by Gasteiger charge is -2.29. The van der Waals surface area contributed by atoms with Crippen LogP contribution in [-0.2, 0) is 6.54 Å². The van der Waals surface area contributed by atoms with Crippen LogP contribution >= 0.6 is 0 Å². The summed E-state index contributed by atoms with van der Waals surface area (Å²) in [6.45, 7) is 13.2. The van der Waals surface area contributed by atoms with E-state index in [0.29, 0.717) is 12.0 Å². The maximum absolute atomic E-state index is 4.42. The zero-order valence-corrected chi connectivity index (χ0v) is 12.9. The SMILES string of the molecule is CCCNC(CN(CC)Cc1ccccn1)C(C)C. The van der Waals surface area contributed by atoms with Crippen LogP contribution < -0.4 is 5.32 Å². The van der Waals surface area contributed by atoms with Crippen LogP contribution in [0.3, 0.4) is 0 Å². The monoisotopic (exact) mass is 263 g/mol. The summed E-state index contributed by atoms with van der Waals surface area (Å²) in [5.41, 5.74) is 1.15. The van der Waals surface area contributed by atoms with E-state index in [1.165, 1.54) is 6.42 Å². The molecule has 0 aromatic carbocycles. The smallest absolute Gasteiger partial charge is 0.0543 e. The van der Waals surface area contributed by atoms with Crippen LogP contribution in [0.2, 0.25) is 0 Å². The Morgan fingerprint density at radius 1 is 1.26 bits per heavy atom. The second kappa shape index (κ2) is 9.05. The molecule has 1 heterocycles. The van der Waals surface area contributed by atoms with Crippen molar-refractivity contribution in [3.05, 3.63) is 30.1 Å². The van der Waals surface area contributed by atoms with Crippen molar-refractivity contribution in [3.63, 3.8) is 0 Å². The Kier molecular flexibility index (Phi) is 7.68. The number of hydrogen-bond acceptors (Lipinski definition) is 3. The van der Waals surface area contributed by atoms with Crippen molar-refractivity contribution in [2.45, 2.75) is 46.7 Å². The van der Waals surface area contributed by atoms with Gasteiger partial charge in [0.15, 0.2) is 0 Å². The minimum absolute atomic E-state index is 0.559. The van der Waals surface area contributed by atoms with Crippen LogP contribution in [-0.4, -0.2) is 35.6 Å². The van der Waals surface area contributed by atoms with Crippen molar-refractivity contribution in [1.82, 2.24) is 15.2 Å². The Morgan fingerprint density at radius 3 is 2.58 bits per heavy atom. The predicted molar refractivity (Wildman–Crippen MR) is 82.1 cm³/mol. The van der Waals surface area contributed by atoms with E-state index in [-0.39, 0.29) is 0 Å². The summed E-state index contributed by atoms with van der Waals surface area (Å²) >= 11 is 0. The largest absolute Gasteiger partial charge is 0.312 e. The Labute approximate surface area is 118 Å². The summed E-state index contributed by atoms with van der Waals surface area (Å²) in [6.07, 6.45) is 3.06. The molecule has 1 aromatic heterocycles. The molecule has 0 spiro atoms. The molecule has 0 aliphatic rings. The number of pyridine rings is 1. The van der Waals surface area contributed by atoms with Gasteiger partial charge in [0.1, 0.15) is 0 Å². The zero-order chi connectivity index (χ0) is 14.1. The molecule has 1 atom stereocenters. The number of hydrogen-bond donors (Lipinski definition) is 1. The van der Waals surface area contributed by atoms with Gasteiger partial charge in [-0.1, -0.05) is 33.8 Å². The highest BCUT2D eigenvalue weighted by molar-refractivity contribution is 5.03. The fraction of sp³-hybridized carbons (Fsp3) is 0.688. The molecule has 0 amide bonds. The van der Waals surface area contributed by atoms with Crippen LogP contribution in [0.4, 0.5) is 0 Å². The molecule has 3 heteroatoms. The molecule has 0 saturated heterocycles. The van der Waals surface area contributed by atoms with E-state index in [4.69, 9.17) is 0 Å². The van der Waals surface area contributed by atoms with Crippen LogP contribution in [0.1, 0.15) is 39.8 Å². The second-order valence-corrected chi connectivity index (χ2v) is 5.45. The molecule has 19 heavy (non-hydrogen) atoms. The third kappa shape index (κ3) is 6.17. The highest BCUT2D eigenvalue weighted by atomic mass is 15.2. The van der Waals surface area contributed by atoms with Gasteiger partial charge in [-0.3, -0.25) is 9.88 Å². The summed E-state index contributed by atoms with van der Waals surface area (Å²) in [7, 11) is 0. The molecule has 1 unspecified atom stereocenters. The van der Waals surface area contributed by atoms with Gasteiger partial charge >= 0.3 is 0 Å². The highest BCUT2D eigenvalue weighted by Crippen LogP contribution is 2.07. The van der Waals surface area contributed by atoms with Gasteiger partial charge in [-0.15, -0.1) is 0 Å². The molecule has 108 valence electrons. The third-order valence-corrected chi connectivity index (χ3v) is 3.48. The van der Waals surface area contributed by atoms with E-state index in [9.17, 15) is 0 Å². The molecule has 3 nitrogen and oxygen atoms in total. The zero-order valence-electron chi connectivity index (χ0n) is 12.9. The molecule has 1 aromatic rings. The predicted octanol–water partition coefficient (Wildman–Crippen LogP) is 2.93. The van der Waals surface area contributed by atoms with Gasteiger partial charge < -0.3 is 5.32 Å². The van der Waals surface area contributed by atoms with E-state index >= 15 is 0 Å². The lowest BCUT2D eigenvalue weighted by Crippen LogP contribution is -2.44. The van der Waals surface area contributed by atoms with E-state index in [2.05, 4.69) is 55.0 Å². The first-order chi connectivity index (χ1) is 9.17. The lowest BCUT2D eigenvalue weighted by molar-refractivity contribution is 0.217. The van der Waals surface area contributed by atoms with Crippen LogP contribution in [0, 0.1) is 5.92 Å². The quantitative estimate of drug-likeness (QED) is 0.742. The van der Waals surface area contributed by atoms with Crippen molar-refractivity contribution in [2.75, 3.05) is 19.6 Å². The fourth-order valence-corrected chi connectivity index (χ4v) is 2.15. The fourth-order valence-electron chi connectivity index (χ4n) is 2.15. The number of nitrogens with one attached hydrogen (secondary N) is 1. The van der Waals surface area contributed by atoms with Crippen molar-refractivity contribution in [2.24, 2.45) is 5.92 Å². The van der Waals surface area contributed by atoms with Gasteiger partial charge in [0.2, 0.25) is 0 Å². The minimum Gasteiger partial charge on any atom is -0.312 e. The topological polar surface area (TPSA) is 28.2 Å². The van der Waals surface area contributed by atoms with Crippen LogP contribution in [0.5, 0.6) is 0 Å². The van der Waals surface area contributed by atoms with Crippen LogP contribution in [0.15, 0.2) is 24.4 Å². The molecular weight excluding hydrogens is 234 g/mol. The third-order valence-electron chi connectivity index (χ3n) is 3.48. The van der Waals surface area contributed by atoms with E-state index < -0.39 is 0 Å². The Balaban J connectivity index is 2.53. The van der Waals surface area contributed by atoms with Crippen molar-refractivity contribution in [1.29, 1.82) is 0 Å². The number of likely N-dealkylation sites (N-methyl/N-ethyl adjacent to an activating group) is 1. The Hall–Kier alpha value is -0.930. The molecule has 0 aliphatic carbocycles. The number of aromatic nitrogens is 1. The molecule has 1 rings (SSSR count).